The predicted octanol–water partition coefficient (Wildman–Crippen LogP) is 2.29. The molecule has 2 unspecified atom stereocenters. The third-order valence-electron chi connectivity index (χ3n) is 2.97. The first-order valence-electron chi connectivity index (χ1n) is 6.62. The van der Waals surface area contributed by atoms with E-state index in [1.54, 1.807) is 0 Å². The molecule has 1 rings (SSSR count). The maximum atomic E-state index is 11.7. The van der Waals surface area contributed by atoms with Gasteiger partial charge in [-0.2, -0.15) is 0 Å². The van der Waals surface area contributed by atoms with E-state index in [0.717, 1.165) is 32.4 Å². The number of ether oxygens (including phenoxy) is 1. The Kier molecular flexibility index (Phi) is 5.25. The van der Waals surface area contributed by atoms with Crippen LogP contribution in [0.1, 0.15) is 47.0 Å². The molecule has 4 heteroatoms. The lowest BCUT2D eigenvalue weighted by atomic mass is 9.90. The second kappa shape index (κ2) is 6.24. The van der Waals surface area contributed by atoms with Crippen molar-refractivity contribution in [2.45, 2.75) is 58.6 Å². The first kappa shape index (κ1) is 14.3. The Morgan fingerprint density at radius 3 is 2.76 bits per heavy atom. The van der Waals surface area contributed by atoms with E-state index in [2.05, 4.69) is 17.6 Å². The standard InChI is InChI=1S/C13H26N2O2/c1-5-6-10-9-14-8-7-11(10)15-12(16)17-13(2,3)4/h10-11,14H,5-9H2,1-4H3,(H,15,16). The third-order valence-corrected chi connectivity index (χ3v) is 2.97. The van der Waals surface area contributed by atoms with Crippen LogP contribution in [0.15, 0.2) is 0 Å². The molecule has 1 fully saturated rings. The molecule has 0 aliphatic carbocycles. The first-order chi connectivity index (χ1) is 7.92. The van der Waals surface area contributed by atoms with Crippen LogP contribution >= 0.6 is 0 Å². The van der Waals surface area contributed by atoms with Gasteiger partial charge in [-0.25, -0.2) is 4.79 Å². The molecule has 0 saturated carbocycles. The van der Waals surface area contributed by atoms with Crippen molar-refractivity contribution in [2.24, 2.45) is 5.92 Å². The molecule has 0 bridgehead atoms. The van der Waals surface area contributed by atoms with Gasteiger partial charge in [-0.1, -0.05) is 13.3 Å². The predicted molar refractivity (Wildman–Crippen MR) is 69.0 cm³/mol. The van der Waals surface area contributed by atoms with E-state index >= 15 is 0 Å². The van der Waals surface area contributed by atoms with Crippen LogP contribution in [-0.2, 0) is 4.74 Å². The summed E-state index contributed by atoms with van der Waals surface area (Å²) in [4.78, 5) is 11.7. The van der Waals surface area contributed by atoms with Gasteiger partial charge in [-0.05, 0) is 52.6 Å². The van der Waals surface area contributed by atoms with Crippen molar-refractivity contribution in [1.82, 2.24) is 10.6 Å². The summed E-state index contributed by atoms with van der Waals surface area (Å²) in [6.07, 6.45) is 3.00. The van der Waals surface area contributed by atoms with Gasteiger partial charge in [-0.15, -0.1) is 0 Å². The van der Waals surface area contributed by atoms with Crippen LogP contribution < -0.4 is 10.6 Å². The van der Waals surface area contributed by atoms with Gasteiger partial charge in [0.2, 0.25) is 0 Å². The molecule has 1 aliphatic heterocycles. The number of piperidine rings is 1. The van der Waals surface area contributed by atoms with Gasteiger partial charge in [0.25, 0.3) is 0 Å². The Hall–Kier alpha value is -0.770. The molecule has 2 N–H and O–H groups in total. The topological polar surface area (TPSA) is 50.4 Å². The summed E-state index contributed by atoms with van der Waals surface area (Å²) >= 11 is 0. The van der Waals surface area contributed by atoms with Crippen molar-refractivity contribution >= 4 is 6.09 Å². The Morgan fingerprint density at radius 2 is 2.18 bits per heavy atom. The van der Waals surface area contributed by atoms with E-state index in [9.17, 15) is 4.79 Å². The highest BCUT2D eigenvalue weighted by atomic mass is 16.6. The van der Waals surface area contributed by atoms with Crippen LogP contribution in [0.25, 0.3) is 0 Å². The molecular weight excluding hydrogens is 216 g/mol. The van der Waals surface area contributed by atoms with Crippen LogP contribution in [0, 0.1) is 5.92 Å². The molecule has 0 spiro atoms. The molecule has 1 amide bonds. The maximum Gasteiger partial charge on any atom is 0.407 e. The molecule has 4 nitrogen and oxygen atoms in total. The van der Waals surface area contributed by atoms with Crippen molar-refractivity contribution < 1.29 is 9.53 Å². The summed E-state index contributed by atoms with van der Waals surface area (Å²) in [5, 5.41) is 6.39. The lowest BCUT2D eigenvalue weighted by molar-refractivity contribution is 0.0471. The fourth-order valence-electron chi connectivity index (χ4n) is 2.25. The van der Waals surface area contributed by atoms with E-state index < -0.39 is 5.60 Å². The molecule has 1 heterocycles. The van der Waals surface area contributed by atoms with Crippen molar-refractivity contribution in [3.63, 3.8) is 0 Å². The van der Waals surface area contributed by atoms with E-state index in [0.29, 0.717) is 5.92 Å². The number of alkyl carbamates (subject to hydrolysis) is 1. The summed E-state index contributed by atoms with van der Waals surface area (Å²) in [7, 11) is 0. The normalized spacial score (nSPS) is 25.4. The highest BCUT2D eigenvalue weighted by molar-refractivity contribution is 5.68. The fraction of sp³-hybridized carbons (Fsp3) is 0.923. The number of carbonyl (C=O) groups excluding carboxylic acids is 1. The molecule has 0 aromatic heterocycles. The number of carbonyl (C=O) groups is 1. The largest absolute Gasteiger partial charge is 0.444 e. The van der Waals surface area contributed by atoms with Crippen molar-refractivity contribution in [2.75, 3.05) is 13.1 Å². The zero-order valence-corrected chi connectivity index (χ0v) is 11.5. The number of amides is 1. The Balaban J connectivity index is 2.44. The van der Waals surface area contributed by atoms with Gasteiger partial charge in [0, 0.05) is 6.04 Å². The molecule has 1 saturated heterocycles. The monoisotopic (exact) mass is 242 g/mol. The minimum absolute atomic E-state index is 0.256. The minimum atomic E-state index is -0.419. The average Bonchev–Trinajstić information content (AvgIpc) is 2.18. The minimum Gasteiger partial charge on any atom is -0.444 e. The number of hydrogen-bond acceptors (Lipinski definition) is 3. The summed E-state index contributed by atoms with van der Waals surface area (Å²) in [6, 6.07) is 0.256. The van der Waals surface area contributed by atoms with E-state index in [1.165, 1.54) is 0 Å². The molecule has 17 heavy (non-hydrogen) atoms. The fourth-order valence-corrected chi connectivity index (χ4v) is 2.25. The Labute approximate surface area is 104 Å². The van der Waals surface area contributed by atoms with Gasteiger partial charge in [0.05, 0.1) is 0 Å². The average molecular weight is 242 g/mol. The summed E-state index contributed by atoms with van der Waals surface area (Å²) in [6.45, 7) is 9.81. The molecule has 1 aliphatic rings. The molecular formula is C13H26N2O2. The molecule has 0 aromatic carbocycles. The number of hydrogen-bond donors (Lipinski definition) is 2. The van der Waals surface area contributed by atoms with Crippen LogP contribution in [0.3, 0.4) is 0 Å². The van der Waals surface area contributed by atoms with Gasteiger partial charge in [0.1, 0.15) is 5.60 Å². The number of rotatable bonds is 3. The zero-order chi connectivity index (χ0) is 12.9. The maximum absolute atomic E-state index is 11.7. The Bertz CT molecular complexity index is 246. The van der Waals surface area contributed by atoms with E-state index in [-0.39, 0.29) is 12.1 Å². The van der Waals surface area contributed by atoms with Gasteiger partial charge in [0.15, 0.2) is 0 Å². The van der Waals surface area contributed by atoms with Crippen LogP contribution in [0.4, 0.5) is 4.79 Å². The zero-order valence-electron chi connectivity index (χ0n) is 11.5. The van der Waals surface area contributed by atoms with E-state index in [4.69, 9.17) is 4.74 Å². The summed E-state index contributed by atoms with van der Waals surface area (Å²) in [5.41, 5.74) is -0.419. The summed E-state index contributed by atoms with van der Waals surface area (Å²) in [5.74, 6) is 0.529. The number of nitrogens with one attached hydrogen (secondary N) is 2. The van der Waals surface area contributed by atoms with Crippen LogP contribution in [0.2, 0.25) is 0 Å². The molecule has 0 radical (unpaired) electrons. The lowest BCUT2D eigenvalue weighted by Crippen LogP contribution is -2.50. The third kappa shape index (κ3) is 5.39. The van der Waals surface area contributed by atoms with Crippen molar-refractivity contribution in [3.8, 4) is 0 Å². The second-order valence-corrected chi connectivity index (χ2v) is 5.79. The van der Waals surface area contributed by atoms with Gasteiger partial charge < -0.3 is 15.4 Å². The lowest BCUT2D eigenvalue weighted by Gasteiger charge is -2.33. The van der Waals surface area contributed by atoms with Crippen LogP contribution in [-0.4, -0.2) is 30.8 Å². The van der Waals surface area contributed by atoms with Gasteiger partial charge in [-0.3, -0.25) is 0 Å². The highest BCUT2D eigenvalue weighted by Crippen LogP contribution is 2.17. The quantitative estimate of drug-likeness (QED) is 0.798. The second-order valence-electron chi connectivity index (χ2n) is 5.79. The Morgan fingerprint density at radius 1 is 1.47 bits per heavy atom. The molecule has 0 aromatic rings. The smallest absolute Gasteiger partial charge is 0.407 e. The summed E-state index contributed by atoms with van der Waals surface area (Å²) < 4.78 is 5.30. The SMILES string of the molecule is CCCC1CNCCC1NC(=O)OC(C)(C)C. The van der Waals surface area contributed by atoms with E-state index in [1.807, 2.05) is 20.8 Å². The first-order valence-corrected chi connectivity index (χ1v) is 6.62. The molecule has 2 atom stereocenters. The highest BCUT2D eigenvalue weighted by Gasteiger charge is 2.27. The van der Waals surface area contributed by atoms with Crippen molar-refractivity contribution in [1.29, 1.82) is 0 Å². The van der Waals surface area contributed by atoms with Crippen molar-refractivity contribution in [3.05, 3.63) is 0 Å². The van der Waals surface area contributed by atoms with Crippen LogP contribution in [0.5, 0.6) is 0 Å². The molecule has 100 valence electrons. The van der Waals surface area contributed by atoms with Gasteiger partial charge >= 0.3 is 6.09 Å².